The minimum absolute atomic E-state index is 0.0582. The van der Waals surface area contributed by atoms with E-state index in [1.165, 1.54) is 44.9 Å². The van der Waals surface area contributed by atoms with Gasteiger partial charge in [-0.2, -0.15) is 0 Å². The molecule has 2 atom stereocenters. The Morgan fingerprint density at radius 3 is 2.47 bits per heavy atom. The van der Waals surface area contributed by atoms with Crippen LogP contribution in [-0.4, -0.2) is 34.6 Å². The van der Waals surface area contributed by atoms with Gasteiger partial charge in [-0.3, -0.25) is 9.69 Å². The van der Waals surface area contributed by atoms with Crippen LogP contribution in [0.4, 0.5) is 0 Å². The quantitative estimate of drug-likeness (QED) is 0.826. The Labute approximate surface area is 117 Å². The molecule has 2 rings (SSSR count). The first-order valence-electron chi connectivity index (χ1n) is 8.02. The molecule has 0 aromatic heterocycles. The summed E-state index contributed by atoms with van der Waals surface area (Å²) in [4.78, 5) is 13.8. The molecule has 110 valence electrons. The average Bonchev–Trinajstić information content (AvgIpc) is 2.86. The van der Waals surface area contributed by atoms with Crippen molar-refractivity contribution in [2.45, 2.75) is 82.7 Å². The van der Waals surface area contributed by atoms with Crippen LogP contribution in [0.3, 0.4) is 0 Å². The summed E-state index contributed by atoms with van der Waals surface area (Å²) in [6, 6.07) is 0.613. The maximum atomic E-state index is 11.3. The molecule has 0 radical (unpaired) electrons. The number of rotatable bonds is 5. The van der Waals surface area contributed by atoms with E-state index in [1.54, 1.807) is 0 Å². The second-order valence-electron chi connectivity index (χ2n) is 6.71. The molecule has 2 saturated carbocycles. The van der Waals surface area contributed by atoms with Gasteiger partial charge in [-0.05, 0) is 45.1 Å². The molecule has 1 N–H and O–H groups in total. The van der Waals surface area contributed by atoms with E-state index in [0.29, 0.717) is 12.5 Å². The summed E-state index contributed by atoms with van der Waals surface area (Å²) >= 11 is 0. The Kier molecular flexibility index (Phi) is 4.88. The topological polar surface area (TPSA) is 40.5 Å². The lowest BCUT2D eigenvalue weighted by molar-refractivity contribution is -0.141. The SMILES string of the molecule is CCC1CCC(N(C)C2(CC(=O)O)CCCCC2)C1. The fourth-order valence-corrected chi connectivity index (χ4v) is 4.30. The molecular weight excluding hydrogens is 238 g/mol. The number of carboxylic acids is 1. The molecule has 2 aliphatic rings. The fraction of sp³-hybridized carbons (Fsp3) is 0.938. The van der Waals surface area contributed by atoms with E-state index in [1.807, 2.05) is 0 Å². The Morgan fingerprint density at radius 2 is 1.95 bits per heavy atom. The molecule has 0 aromatic carbocycles. The first-order valence-corrected chi connectivity index (χ1v) is 8.02. The van der Waals surface area contributed by atoms with Crippen LogP contribution in [0.5, 0.6) is 0 Å². The molecule has 0 bridgehead atoms. The van der Waals surface area contributed by atoms with Crippen LogP contribution in [0.15, 0.2) is 0 Å². The predicted molar refractivity (Wildman–Crippen MR) is 77.3 cm³/mol. The Bertz CT molecular complexity index is 310. The van der Waals surface area contributed by atoms with Crippen LogP contribution in [0.25, 0.3) is 0 Å². The van der Waals surface area contributed by atoms with E-state index < -0.39 is 5.97 Å². The Morgan fingerprint density at radius 1 is 1.26 bits per heavy atom. The molecule has 0 aromatic rings. The summed E-state index contributed by atoms with van der Waals surface area (Å²) in [6.45, 7) is 2.28. The van der Waals surface area contributed by atoms with Gasteiger partial charge in [0.05, 0.1) is 6.42 Å². The first kappa shape index (κ1) is 14.8. The molecule has 0 aliphatic heterocycles. The second-order valence-corrected chi connectivity index (χ2v) is 6.71. The van der Waals surface area contributed by atoms with E-state index in [-0.39, 0.29) is 5.54 Å². The number of nitrogens with zero attached hydrogens (tertiary/aromatic N) is 1. The number of aliphatic carboxylic acids is 1. The molecule has 2 aliphatic carbocycles. The molecule has 0 amide bonds. The summed E-state index contributed by atoms with van der Waals surface area (Å²) in [5, 5.41) is 9.29. The number of carboxylic acid groups (broad SMARTS) is 1. The van der Waals surface area contributed by atoms with Gasteiger partial charge < -0.3 is 5.11 Å². The van der Waals surface area contributed by atoms with E-state index >= 15 is 0 Å². The standard InChI is InChI=1S/C16H29NO2/c1-3-13-7-8-14(11-13)17(2)16(12-15(18)19)9-5-4-6-10-16/h13-14H,3-12H2,1-2H3,(H,18,19). The highest BCUT2D eigenvalue weighted by Gasteiger charge is 2.42. The Hall–Kier alpha value is -0.570. The van der Waals surface area contributed by atoms with Gasteiger partial charge in [0, 0.05) is 11.6 Å². The zero-order valence-electron chi connectivity index (χ0n) is 12.5. The van der Waals surface area contributed by atoms with Gasteiger partial charge in [-0.15, -0.1) is 0 Å². The van der Waals surface area contributed by atoms with Crippen molar-refractivity contribution >= 4 is 5.97 Å². The van der Waals surface area contributed by atoms with Crippen molar-refractivity contribution in [1.29, 1.82) is 0 Å². The summed E-state index contributed by atoms with van der Waals surface area (Å²) in [7, 11) is 2.19. The third kappa shape index (κ3) is 3.31. The summed E-state index contributed by atoms with van der Waals surface area (Å²) in [5.74, 6) is 0.233. The molecule has 2 fully saturated rings. The lowest BCUT2D eigenvalue weighted by atomic mass is 9.77. The van der Waals surface area contributed by atoms with Crippen molar-refractivity contribution in [2.24, 2.45) is 5.92 Å². The monoisotopic (exact) mass is 267 g/mol. The van der Waals surface area contributed by atoms with Crippen molar-refractivity contribution in [3.8, 4) is 0 Å². The van der Waals surface area contributed by atoms with E-state index in [9.17, 15) is 9.90 Å². The molecule has 0 saturated heterocycles. The minimum atomic E-state index is -0.626. The molecule has 19 heavy (non-hydrogen) atoms. The van der Waals surface area contributed by atoms with Gasteiger partial charge in [0.2, 0.25) is 0 Å². The van der Waals surface area contributed by atoms with Crippen LogP contribution in [-0.2, 0) is 4.79 Å². The molecule has 3 heteroatoms. The minimum Gasteiger partial charge on any atom is -0.481 e. The van der Waals surface area contributed by atoms with Crippen LogP contribution < -0.4 is 0 Å². The van der Waals surface area contributed by atoms with E-state index in [2.05, 4.69) is 18.9 Å². The van der Waals surface area contributed by atoms with Gasteiger partial charge in [0.15, 0.2) is 0 Å². The number of hydrogen-bond acceptors (Lipinski definition) is 2. The zero-order chi connectivity index (χ0) is 13.9. The molecule has 3 nitrogen and oxygen atoms in total. The van der Waals surface area contributed by atoms with Crippen molar-refractivity contribution in [3.05, 3.63) is 0 Å². The maximum absolute atomic E-state index is 11.3. The van der Waals surface area contributed by atoms with Gasteiger partial charge >= 0.3 is 5.97 Å². The first-order chi connectivity index (χ1) is 9.07. The van der Waals surface area contributed by atoms with Crippen molar-refractivity contribution < 1.29 is 9.90 Å². The van der Waals surface area contributed by atoms with Gasteiger partial charge in [0.1, 0.15) is 0 Å². The highest BCUT2D eigenvalue weighted by atomic mass is 16.4. The van der Waals surface area contributed by atoms with Gasteiger partial charge in [0.25, 0.3) is 0 Å². The predicted octanol–water partition coefficient (Wildman–Crippen LogP) is 3.67. The van der Waals surface area contributed by atoms with Gasteiger partial charge in [-0.25, -0.2) is 0 Å². The van der Waals surface area contributed by atoms with E-state index in [4.69, 9.17) is 0 Å². The summed E-state index contributed by atoms with van der Waals surface area (Å²) in [6.07, 6.45) is 11.3. The molecule has 0 heterocycles. The lowest BCUT2D eigenvalue weighted by Crippen LogP contribution is -2.53. The molecule has 2 unspecified atom stereocenters. The van der Waals surface area contributed by atoms with Crippen LogP contribution in [0, 0.1) is 5.92 Å². The van der Waals surface area contributed by atoms with Crippen molar-refractivity contribution in [3.63, 3.8) is 0 Å². The van der Waals surface area contributed by atoms with Crippen LogP contribution >= 0.6 is 0 Å². The third-order valence-electron chi connectivity index (χ3n) is 5.65. The maximum Gasteiger partial charge on any atom is 0.305 e. The van der Waals surface area contributed by atoms with Gasteiger partial charge in [-0.1, -0.05) is 32.6 Å². The van der Waals surface area contributed by atoms with Crippen LogP contribution in [0.1, 0.15) is 71.1 Å². The molecule has 0 spiro atoms. The fourth-order valence-electron chi connectivity index (χ4n) is 4.30. The number of carbonyl (C=O) groups is 1. The smallest absolute Gasteiger partial charge is 0.305 e. The summed E-state index contributed by atoms with van der Waals surface area (Å²) in [5.41, 5.74) is -0.0582. The van der Waals surface area contributed by atoms with Crippen LogP contribution in [0.2, 0.25) is 0 Å². The average molecular weight is 267 g/mol. The highest BCUT2D eigenvalue weighted by Crippen LogP contribution is 2.41. The number of hydrogen-bond donors (Lipinski definition) is 1. The Balaban J connectivity index is 2.07. The summed E-state index contributed by atoms with van der Waals surface area (Å²) < 4.78 is 0. The van der Waals surface area contributed by atoms with Crippen molar-refractivity contribution in [1.82, 2.24) is 4.90 Å². The van der Waals surface area contributed by atoms with E-state index in [0.717, 1.165) is 18.8 Å². The normalized spacial score (nSPS) is 30.7. The third-order valence-corrected chi connectivity index (χ3v) is 5.65. The van der Waals surface area contributed by atoms with Crippen molar-refractivity contribution in [2.75, 3.05) is 7.05 Å². The second kappa shape index (κ2) is 6.25. The lowest BCUT2D eigenvalue weighted by Gasteiger charge is -2.47. The highest BCUT2D eigenvalue weighted by molar-refractivity contribution is 5.68. The largest absolute Gasteiger partial charge is 0.481 e. The molecular formula is C16H29NO2. The zero-order valence-corrected chi connectivity index (χ0v) is 12.5.